The van der Waals surface area contributed by atoms with Crippen LogP contribution in [-0.2, 0) is 0 Å². The molecule has 0 bridgehead atoms. The highest BCUT2D eigenvalue weighted by molar-refractivity contribution is 7.12. The molecule has 1 aromatic carbocycles. The van der Waals surface area contributed by atoms with Crippen molar-refractivity contribution in [2.45, 2.75) is 0 Å². The number of ether oxygens (including phenoxy) is 1. The van der Waals surface area contributed by atoms with Crippen molar-refractivity contribution in [3.05, 3.63) is 39.5 Å². The average molecular weight is 268 g/mol. The first-order valence-corrected chi connectivity index (χ1v) is 6.10. The number of halogens is 1. The van der Waals surface area contributed by atoms with Crippen LogP contribution < -0.4 is 10.5 Å². The number of benzene rings is 1. The number of thiophene rings is 1. The van der Waals surface area contributed by atoms with Crippen molar-refractivity contribution in [1.82, 2.24) is 0 Å². The second-order valence-electron chi connectivity index (χ2n) is 3.38. The summed E-state index contributed by atoms with van der Waals surface area (Å²) < 4.78 is 5.25. The van der Waals surface area contributed by atoms with Gasteiger partial charge in [0.25, 0.3) is 5.91 Å². The fourth-order valence-electron chi connectivity index (χ4n) is 1.55. The Morgan fingerprint density at radius 3 is 2.82 bits per heavy atom. The molecular formula is C12H10ClNO2S. The molecule has 2 rings (SSSR count). The van der Waals surface area contributed by atoms with Gasteiger partial charge >= 0.3 is 0 Å². The Morgan fingerprint density at radius 1 is 1.47 bits per heavy atom. The molecule has 0 saturated heterocycles. The maximum Gasteiger partial charge on any atom is 0.258 e. The summed E-state index contributed by atoms with van der Waals surface area (Å²) in [5, 5.41) is 2.42. The predicted molar refractivity (Wildman–Crippen MR) is 69.8 cm³/mol. The van der Waals surface area contributed by atoms with E-state index >= 15 is 0 Å². The first-order chi connectivity index (χ1) is 8.13. The van der Waals surface area contributed by atoms with E-state index in [4.69, 9.17) is 22.1 Å². The summed E-state index contributed by atoms with van der Waals surface area (Å²) in [6.45, 7) is 0. The third kappa shape index (κ3) is 2.28. The van der Waals surface area contributed by atoms with Crippen LogP contribution in [0.1, 0.15) is 9.67 Å². The van der Waals surface area contributed by atoms with E-state index in [-0.39, 0.29) is 0 Å². The zero-order valence-electron chi connectivity index (χ0n) is 9.07. The van der Waals surface area contributed by atoms with Crippen molar-refractivity contribution in [3.8, 4) is 16.9 Å². The maximum atomic E-state index is 11.1. The molecule has 1 heterocycles. The summed E-state index contributed by atoms with van der Waals surface area (Å²) in [6.07, 6.45) is 0. The van der Waals surface area contributed by atoms with Gasteiger partial charge in [0.2, 0.25) is 0 Å². The summed E-state index contributed by atoms with van der Waals surface area (Å²) in [7, 11) is 1.58. The molecule has 0 aliphatic carbocycles. The van der Waals surface area contributed by atoms with Gasteiger partial charge in [0.05, 0.1) is 17.0 Å². The van der Waals surface area contributed by atoms with Gasteiger partial charge in [-0.2, -0.15) is 0 Å². The Hall–Kier alpha value is -1.52. The smallest absolute Gasteiger partial charge is 0.258 e. The second-order valence-corrected chi connectivity index (χ2v) is 4.70. The van der Waals surface area contributed by atoms with Gasteiger partial charge in [0.1, 0.15) is 5.75 Å². The van der Waals surface area contributed by atoms with Crippen molar-refractivity contribution < 1.29 is 9.53 Å². The number of rotatable bonds is 3. The highest BCUT2D eigenvalue weighted by Gasteiger charge is 2.13. The summed E-state index contributed by atoms with van der Waals surface area (Å²) in [5.74, 6) is 0.235. The van der Waals surface area contributed by atoms with E-state index in [1.54, 1.807) is 19.2 Å². The van der Waals surface area contributed by atoms with E-state index in [2.05, 4.69) is 0 Å². The molecule has 0 unspecified atom stereocenters. The number of carbonyl (C=O) groups is 1. The zero-order valence-corrected chi connectivity index (χ0v) is 10.6. The minimum absolute atomic E-state index is 0.438. The number of primary amides is 1. The van der Waals surface area contributed by atoms with E-state index in [0.717, 1.165) is 11.1 Å². The van der Waals surface area contributed by atoms with Crippen LogP contribution in [0.25, 0.3) is 11.1 Å². The molecule has 1 aromatic heterocycles. The van der Waals surface area contributed by atoms with Crippen LogP contribution in [0.15, 0.2) is 29.6 Å². The fraction of sp³-hybridized carbons (Fsp3) is 0.0833. The number of carbonyl (C=O) groups excluding carboxylic acids is 1. The number of hydrogen-bond donors (Lipinski definition) is 1. The molecule has 0 radical (unpaired) electrons. The largest absolute Gasteiger partial charge is 0.496 e. The summed E-state index contributed by atoms with van der Waals surface area (Å²) in [6, 6.07) is 7.13. The van der Waals surface area contributed by atoms with Crippen molar-refractivity contribution in [2.75, 3.05) is 7.11 Å². The van der Waals surface area contributed by atoms with Gasteiger partial charge in [-0.1, -0.05) is 17.7 Å². The zero-order chi connectivity index (χ0) is 12.4. The van der Waals surface area contributed by atoms with Crippen molar-refractivity contribution >= 4 is 28.8 Å². The van der Waals surface area contributed by atoms with Crippen LogP contribution in [0.2, 0.25) is 5.02 Å². The normalized spacial score (nSPS) is 10.2. The Labute approximate surface area is 108 Å². The average Bonchev–Trinajstić information content (AvgIpc) is 2.77. The van der Waals surface area contributed by atoms with E-state index in [1.807, 2.05) is 17.5 Å². The number of methoxy groups -OCH3 is 1. The van der Waals surface area contributed by atoms with Gasteiger partial charge < -0.3 is 10.5 Å². The molecule has 0 spiro atoms. The van der Waals surface area contributed by atoms with Gasteiger partial charge in [-0.15, -0.1) is 11.3 Å². The number of amides is 1. The Morgan fingerprint density at radius 2 is 2.24 bits per heavy atom. The van der Waals surface area contributed by atoms with Gasteiger partial charge in [-0.25, -0.2) is 0 Å². The van der Waals surface area contributed by atoms with Crippen molar-refractivity contribution in [3.63, 3.8) is 0 Å². The summed E-state index contributed by atoms with van der Waals surface area (Å²) in [4.78, 5) is 11.6. The predicted octanol–water partition coefficient (Wildman–Crippen LogP) is 3.18. The second kappa shape index (κ2) is 4.77. The van der Waals surface area contributed by atoms with E-state index in [1.165, 1.54) is 11.3 Å². The summed E-state index contributed by atoms with van der Waals surface area (Å²) in [5.41, 5.74) is 6.84. The lowest BCUT2D eigenvalue weighted by Gasteiger charge is -2.08. The van der Waals surface area contributed by atoms with E-state index < -0.39 is 5.91 Å². The SMILES string of the molecule is COc1cccc(Cl)c1-c1csc(C(N)=O)c1. The highest BCUT2D eigenvalue weighted by atomic mass is 35.5. The molecule has 17 heavy (non-hydrogen) atoms. The highest BCUT2D eigenvalue weighted by Crippen LogP contribution is 2.38. The molecule has 0 saturated carbocycles. The molecular weight excluding hydrogens is 258 g/mol. The van der Waals surface area contributed by atoms with Gasteiger partial charge in [-0.3, -0.25) is 4.79 Å². The Bertz CT molecular complexity index is 565. The van der Waals surface area contributed by atoms with Crippen LogP contribution in [0.5, 0.6) is 5.75 Å². The lowest BCUT2D eigenvalue weighted by molar-refractivity contribution is 0.100. The minimum Gasteiger partial charge on any atom is -0.496 e. The molecule has 0 aliphatic rings. The Kier molecular flexibility index (Phi) is 3.36. The molecule has 88 valence electrons. The minimum atomic E-state index is -0.438. The topological polar surface area (TPSA) is 52.3 Å². The molecule has 0 fully saturated rings. The molecule has 5 heteroatoms. The van der Waals surface area contributed by atoms with Gasteiger partial charge in [0.15, 0.2) is 0 Å². The van der Waals surface area contributed by atoms with Gasteiger partial charge in [-0.05, 0) is 29.1 Å². The van der Waals surface area contributed by atoms with E-state index in [9.17, 15) is 4.79 Å². The third-order valence-electron chi connectivity index (χ3n) is 2.33. The molecule has 2 aromatic rings. The number of nitrogens with two attached hydrogens (primary N) is 1. The lowest BCUT2D eigenvalue weighted by Crippen LogP contribution is -2.08. The monoisotopic (exact) mass is 267 g/mol. The fourth-order valence-corrected chi connectivity index (χ4v) is 2.58. The maximum absolute atomic E-state index is 11.1. The van der Waals surface area contributed by atoms with E-state index in [0.29, 0.717) is 15.6 Å². The quantitative estimate of drug-likeness (QED) is 0.929. The third-order valence-corrected chi connectivity index (χ3v) is 3.59. The standard InChI is InChI=1S/C12H10ClNO2S/c1-16-9-4-2-3-8(13)11(9)7-5-10(12(14)15)17-6-7/h2-6H,1H3,(H2,14,15). The van der Waals surface area contributed by atoms with Crippen LogP contribution in [0.3, 0.4) is 0 Å². The first-order valence-electron chi connectivity index (χ1n) is 4.84. The Balaban J connectivity index is 2.55. The molecule has 1 amide bonds. The van der Waals surface area contributed by atoms with Crippen molar-refractivity contribution in [2.24, 2.45) is 5.73 Å². The van der Waals surface area contributed by atoms with Crippen LogP contribution >= 0.6 is 22.9 Å². The number of hydrogen-bond acceptors (Lipinski definition) is 3. The van der Waals surface area contributed by atoms with Crippen molar-refractivity contribution in [1.29, 1.82) is 0 Å². The molecule has 2 N–H and O–H groups in total. The summed E-state index contributed by atoms with van der Waals surface area (Å²) >= 11 is 7.43. The molecule has 0 atom stereocenters. The van der Waals surface area contributed by atoms with Crippen LogP contribution in [0.4, 0.5) is 0 Å². The molecule has 0 aliphatic heterocycles. The van der Waals surface area contributed by atoms with Crippen LogP contribution in [-0.4, -0.2) is 13.0 Å². The lowest BCUT2D eigenvalue weighted by atomic mass is 10.1. The molecule has 3 nitrogen and oxygen atoms in total. The van der Waals surface area contributed by atoms with Crippen LogP contribution in [0, 0.1) is 0 Å². The first kappa shape index (κ1) is 12.0. The van der Waals surface area contributed by atoms with Gasteiger partial charge in [0, 0.05) is 5.56 Å².